The molecule has 0 radical (unpaired) electrons. The SMILES string of the molecule is [CH2-]N1C2CCC1COC2. The molecule has 2 heterocycles. The van der Waals surface area contributed by atoms with Crippen molar-refractivity contribution in [3.63, 3.8) is 0 Å². The Morgan fingerprint density at radius 1 is 1.22 bits per heavy atom. The van der Waals surface area contributed by atoms with Gasteiger partial charge in [0.2, 0.25) is 0 Å². The third kappa shape index (κ3) is 0.775. The molecule has 0 aromatic carbocycles. The van der Waals surface area contributed by atoms with Crippen LogP contribution in [-0.2, 0) is 4.74 Å². The molecule has 0 saturated carbocycles. The maximum absolute atomic E-state index is 5.35. The summed E-state index contributed by atoms with van der Waals surface area (Å²) < 4.78 is 5.35. The Morgan fingerprint density at radius 3 is 2.22 bits per heavy atom. The second-order valence-electron chi connectivity index (χ2n) is 2.94. The van der Waals surface area contributed by atoms with Gasteiger partial charge in [-0.25, -0.2) is 0 Å². The van der Waals surface area contributed by atoms with Crippen LogP contribution < -0.4 is 0 Å². The number of hydrogen-bond acceptors (Lipinski definition) is 2. The van der Waals surface area contributed by atoms with E-state index in [9.17, 15) is 0 Å². The van der Waals surface area contributed by atoms with Crippen LogP contribution in [0.1, 0.15) is 12.8 Å². The van der Waals surface area contributed by atoms with Crippen LogP contribution in [0.5, 0.6) is 0 Å². The molecule has 52 valence electrons. The summed E-state index contributed by atoms with van der Waals surface area (Å²) in [6.45, 7) is 1.81. The lowest BCUT2D eigenvalue weighted by Gasteiger charge is -2.37. The third-order valence-corrected chi connectivity index (χ3v) is 2.39. The van der Waals surface area contributed by atoms with E-state index in [4.69, 9.17) is 4.74 Å². The molecule has 2 fully saturated rings. The standard InChI is InChI=1S/C7H12NO/c1-8-6-2-3-7(8)5-9-4-6/h6-7H,1-5H2/q-1. The van der Waals surface area contributed by atoms with E-state index in [-0.39, 0.29) is 0 Å². The lowest BCUT2D eigenvalue weighted by Crippen LogP contribution is -2.41. The molecule has 2 unspecified atom stereocenters. The van der Waals surface area contributed by atoms with Crippen LogP contribution in [0.25, 0.3) is 0 Å². The van der Waals surface area contributed by atoms with E-state index >= 15 is 0 Å². The fraction of sp³-hybridized carbons (Fsp3) is 0.857. The molecule has 2 aliphatic heterocycles. The summed E-state index contributed by atoms with van der Waals surface area (Å²) >= 11 is 0. The van der Waals surface area contributed by atoms with Crippen molar-refractivity contribution in [2.24, 2.45) is 0 Å². The quantitative estimate of drug-likeness (QED) is 0.442. The van der Waals surface area contributed by atoms with Crippen LogP contribution >= 0.6 is 0 Å². The third-order valence-electron chi connectivity index (χ3n) is 2.39. The van der Waals surface area contributed by atoms with Crippen LogP contribution in [0, 0.1) is 7.05 Å². The molecule has 2 heteroatoms. The van der Waals surface area contributed by atoms with E-state index in [0.717, 1.165) is 13.2 Å². The van der Waals surface area contributed by atoms with Crippen molar-refractivity contribution in [1.82, 2.24) is 4.90 Å². The number of nitrogens with zero attached hydrogens (tertiary/aromatic N) is 1. The summed E-state index contributed by atoms with van der Waals surface area (Å²) in [7, 11) is 3.98. The zero-order valence-electron chi connectivity index (χ0n) is 5.55. The average molecular weight is 126 g/mol. The second kappa shape index (κ2) is 1.96. The largest absolute Gasteiger partial charge is 0.450 e. The van der Waals surface area contributed by atoms with Gasteiger partial charge in [-0.15, -0.1) is 0 Å². The molecule has 0 N–H and O–H groups in total. The Labute approximate surface area is 55.8 Å². The summed E-state index contributed by atoms with van der Waals surface area (Å²) in [6, 6.07) is 1.26. The van der Waals surface area contributed by atoms with Crippen molar-refractivity contribution in [3.05, 3.63) is 7.05 Å². The normalized spacial score (nSPS) is 43.7. The molecule has 2 saturated heterocycles. The molecule has 0 amide bonds. The van der Waals surface area contributed by atoms with Crippen LogP contribution in [0.2, 0.25) is 0 Å². The van der Waals surface area contributed by atoms with E-state index in [1.54, 1.807) is 0 Å². The van der Waals surface area contributed by atoms with E-state index in [0.29, 0.717) is 12.1 Å². The monoisotopic (exact) mass is 126 g/mol. The van der Waals surface area contributed by atoms with Gasteiger partial charge in [0.25, 0.3) is 0 Å². The molecule has 2 rings (SSSR count). The summed E-state index contributed by atoms with van der Waals surface area (Å²) in [5.41, 5.74) is 0. The molecule has 0 aromatic rings. The van der Waals surface area contributed by atoms with Gasteiger partial charge in [-0.05, 0) is 12.8 Å². The Bertz CT molecular complexity index is 99.5. The maximum atomic E-state index is 5.35. The first-order chi connectivity index (χ1) is 4.38. The van der Waals surface area contributed by atoms with Gasteiger partial charge < -0.3 is 9.64 Å². The molecule has 0 aromatic heterocycles. The molecular formula is C7H12NO-. The minimum Gasteiger partial charge on any atom is -0.450 e. The zero-order chi connectivity index (χ0) is 6.27. The smallest absolute Gasteiger partial charge is 0.0598 e. The highest BCUT2D eigenvalue weighted by atomic mass is 16.5. The number of fused-ring (bicyclic) bond motifs is 2. The highest BCUT2D eigenvalue weighted by molar-refractivity contribution is 4.90. The number of hydrogen-bond donors (Lipinski definition) is 0. The number of morpholine rings is 1. The zero-order valence-corrected chi connectivity index (χ0v) is 5.55. The van der Waals surface area contributed by atoms with Crippen molar-refractivity contribution in [1.29, 1.82) is 0 Å². The topological polar surface area (TPSA) is 12.5 Å². The van der Waals surface area contributed by atoms with Gasteiger partial charge >= 0.3 is 0 Å². The van der Waals surface area contributed by atoms with Crippen LogP contribution in [-0.4, -0.2) is 30.2 Å². The lowest BCUT2D eigenvalue weighted by molar-refractivity contribution is 0.00832. The van der Waals surface area contributed by atoms with Gasteiger partial charge in [-0.3, -0.25) is 7.05 Å². The summed E-state index contributed by atoms with van der Waals surface area (Å²) in [5, 5.41) is 0. The van der Waals surface area contributed by atoms with Crippen molar-refractivity contribution < 1.29 is 4.74 Å². The first kappa shape index (κ1) is 5.69. The lowest BCUT2D eigenvalue weighted by atomic mass is 10.2. The van der Waals surface area contributed by atoms with Crippen LogP contribution in [0.3, 0.4) is 0 Å². The molecular weight excluding hydrogens is 114 g/mol. The van der Waals surface area contributed by atoms with Gasteiger partial charge in [0, 0.05) is 12.1 Å². The molecule has 0 aliphatic carbocycles. The summed E-state index contributed by atoms with van der Waals surface area (Å²) in [6.07, 6.45) is 2.57. The minimum absolute atomic E-state index is 0.628. The highest BCUT2D eigenvalue weighted by Crippen LogP contribution is 2.26. The van der Waals surface area contributed by atoms with E-state index in [2.05, 4.69) is 11.9 Å². The molecule has 2 atom stereocenters. The molecule has 2 aliphatic rings. The Kier molecular flexibility index (Phi) is 1.24. The van der Waals surface area contributed by atoms with E-state index in [1.165, 1.54) is 12.8 Å². The minimum atomic E-state index is 0.628. The van der Waals surface area contributed by atoms with Crippen molar-refractivity contribution in [2.75, 3.05) is 13.2 Å². The molecule has 2 bridgehead atoms. The van der Waals surface area contributed by atoms with Crippen molar-refractivity contribution >= 4 is 0 Å². The average Bonchev–Trinajstić information content (AvgIpc) is 2.19. The fourth-order valence-electron chi connectivity index (χ4n) is 1.71. The predicted octanol–water partition coefficient (Wildman–Crippen LogP) is 0.641. The Balaban J connectivity index is 2.10. The first-order valence-electron chi connectivity index (χ1n) is 3.54. The summed E-state index contributed by atoms with van der Waals surface area (Å²) in [4.78, 5) is 2.21. The number of ether oxygens (including phenoxy) is 1. The predicted molar refractivity (Wildman–Crippen MR) is 34.8 cm³/mol. The van der Waals surface area contributed by atoms with E-state index < -0.39 is 0 Å². The van der Waals surface area contributed by atoms with Gasteiger partial charge in [0.1, 0.15) is 0 Å². The fourth-order valence-corrected chi connectivity index (χ4v) is 1.71. The van der Waals surface area contributed by atoms with Gasteiger partial charge in [-0.1, -0.05) is 0 Å². The summed E-state index contributed by atoms with van der Waals surface area (Å²) in [5.74, 6) is 0. The van der Waals surface area contributed by atoms with Gasteiger partial charge in [0.05, 0.1) is 13.2 Å². The number of rotatable bonds is 0. The van der Waals surface area contributed by atoms with Crippen molar-refractivity contribution in [2.45, 2.75) is 24.9 Å². The van der Waals surface area contributed by atoms with E-state index in [1.807, 2.05) is 0 Å². The Hall–Kier alpha value is -0.0800. The highest BCUT2D eigenvalue weighted by Gasteiger charge is 2.29. The van der Waals surface area contributed by atoms with Gasteiger partial charge in [-0.2, -0.15) is 0 Å². The Morgan fingerprint density at radius 2 is 1.78 bits per heavy atom. The molecule has 0 spiro atoms. The van der Waals surface area contributed by atoms with Gasteiger partial charge in [0.15, 0.2) is 0 Å². The van der Waals surface area contributed by atoms with Crippen LogP contribution in [0.15, 0.2) is 0 Å². The molecule has 2 nitrogen and oxygen atoms in total. The maximum Gasteiger partial charge on any atom is 0.0598 e. The van der Waals surface area contributed by atoms with Crippen LogP contribution in [0.4, 0.5) is 0 Å². The first-order valence-corrected chi connectivity index (χ1v) is 3.54. The second-order valence-corrected chi connectivity index (χ2v) is 2.94. The van der Waals surface area contributed by atoms with Crippen molar-refractivity contribution in [3.8, 4) is 0 Å². The molecule has 9 heavy (non-hydrogen) atoms.